The van der Waals surface area contributed by atoms with Gasteiger partial charge in [-0.05, 0) is 44.5 Å². The van der Waals surface area contributed by atoms with Gasteiger partial charge in [0.05, 0.1) is 24.3 Å². The lowest BCUT2D eigenvalue weighted by Crippen LogP contribution is -2.48. The van der Waals surface area contributed by atoms with Crippen molar-refractivity contribution in [3.8, 4) is 11.4 Å². The molecule has 0 amide bonds. The third kappa shape index (κ3) is 4.06. The predicted molar refractivity (Wildman–Crippen MR) is 128 cm³/mol. The Labute approximate surface area is 193 Å². The Hall–Kier alpha value is -3.03. The van der Waals surface area contributed by atoms with E-state index in [0.717, 1.165) is 41.8 Å². The highest BCUT2D eigenvalue weighted by Gasteiger charge is 2.35. The number of nitrogens with one attached hydrogen (secondary N) is 1. The quantitative estimate of drug-likeness (QED) is 0.560. The molecule has 3 aromatic rings. The molecule has 0 bridgehead atoms. The van der Waals surface area contributed by atoms with Crippen LogP contribution in [0.5, 0.6) is 0 Å². The first kappa shape index (κ1) is 20.8. The minimum Gasteiger partial charge on any atom is -0.376 e. The summed E-state index contributed by atoms with van der Waals surface area (Å²) in [6.07, 6.45) is 2.30. The highest BCUT2D eigenvalue weighted by molar-refractivity contribution is 7.80. The maximum atomic E-state index is 5.87. The average Bonchev–Trinajstić information content (AvgIpc) is 3.50. The number of ether oxygens (including phenoxy) is 1. The third-order valence-electron chi connectivity index (χ3n) is 6.11. The van der Waals surface area contributed by atoms with E-state index in [9.17, 15) is 0 Å². The van der Waals surface area contributed by atoms with E-state index < -0.39 is 0 Å². The summed E-state index contributed by atoms with van der Waals surface area (Å²) in [5.74, 6) is 1.07. The van der Waals surface area contributed by atoms with E-state index in [-0.39, 0.29) is 12.1 Å². The summed E-state index contributed by atoms with van der Waals surface area (Å²) in [5.41, 5.74) is 5.16. The molecule has 0 aliphatic carbocycles. The highest BCUT2D eigenvalue weighted by Crippen LogP contribution is 2.37. The molecule has 1 N–H and O–H groups in total. The molecule has 0 radical (unpaired) electrons. The van der Waals surface area contributed by atoms with Crippen molar-refractivity contribution in [2.45, 2.75) is 38.8 Å². The van der Waals surface area contributed by atoms with Crippen LogP contribution in [0.1, 0.15) is 42.8 Å². The van der Waals surface area contributed by atoms with E-state index in [4.69, 9.17) is 26.5 Å². The van der Waals surface area contributed by atoms with Crippen molar-refractivity contribution in [3.63, 3.8) is 0 Å². The first-order valence-electron chi connectivity index (χ1n) is 11.0. The number of hydrogen-bond acceptors (Lipinski definition) is 5. The number of thiocarbonyl (C=S) groups is 1. The molecule has 2 aliphatic heterocycles. The maximum Gasteiger partial charge on any atom is 0.258 e. The van der Waals surface area contributed by atoms with Gasteiger partial charge in [0.25, 0.3) is 5.89 Å². The van der Waals surface area contributed by atoms with Crippen molar-refractivity contribution >= 4 is 22.9 Å². The fraction of sp³-hybridized carbons (Fsp3) is 0.320. The van der Waals surface area contributed by atoms with Gasteiger partial charge in [0.15, 0.2) is 5.11 Å². The summed E-state index contributed by atoms with van der Waals surface area (Å²) < 4.78 is 11.7. The molecule has 0 saturated carbocycles. The van der Waals surface area contributed by atoms with Crippen LogP contribution in [0.25, 0.3) is 17.0 Å². The number of nitrogens with zero attached hydrogens (tertiary/aromatic N) is 3. The predicted octanol–water partition coefficient (Wildman–Crippen LogP) is 4.89. The van der Waals surface area contributed by atoms with Crippen LogP contribution in [-0.4, -0.2) is 39.4 Å². The van der Waals surface area contributed by atoms with E-state index in [2.05, 4.69) is 41.4 Å². The van der Waals surface area contributed by atoms with Gasteiger partial charge in [0, 0.05) is 17.9 Å². The van der Waals surface area contributed by atoms with Gasteiger partial charge in [-0.15, -0.1) is 0 Å². The van der Waals surface area contributed by atoms with E-state index in [1.807, 2.05) is 42.5 Å². The highest BCUT2D eigenvalue weighted by atomic mass is 32.1. The van der Waals surface area contributed by atoms with Crippen LogP contribution >= 0.6 is 12.2 Å². The molecule has 2 aliphatic rings. The number of benzene rings is 2. The largest absolute Gasteiger partial charge is 0.376 e. The normalized spacial score (nSPS) is 21.2. The molecule has 164 valence electrons. The van der Waals surface area contributed by atoms with Crippen molar-refractivity contribution in [2.75, 3.05) is 13.2 Å². The Kier molecular flexibility index (Phi) is 5.76. The summed E-state index contributed by atoms with van der Waals surface area (Å²) in [5, 5.41) is 8.47. The minimum absolute atomic E-state index is 0.171. The molecule has 1 saturated heterocycles. The fourth-order valence-corrected chi connectivity index (χ4v) is 4.65. The smallest absolute Gasteiger partial charge is 0.258 e. The van der Waals surface area contributed by atoms with Gasteiger partial charge < -0.3 is 19.5 Å². The molecular formula is C25H26N4O2S. The molecular weight excluding hydrogens is 420 g/mol. The number of rotatable bonds is 5. The molecule has 32 heavy (non-hydrogen) atoms. The molecule has 1 fully saturated rings. The Balaban J connectivity index is 1.56. The minimum atomic E-state index is -0.171. The molecule has 1 aromatic heterocycles. The zero-order valence-corrected chi connectivity index (χ0v) is 19.1. The topological polar surface area (TPSA) is 63.4 Å². The van der Waals surface area contributed by atoms with E-state index in [1.165, 1.54) is 5.56 Å². The molecule has 5 rings (SSSR count). The summed E-state index contributed by atoms with van der Waals surface area (Å²) in [4.78, 5) is 6.88. The van der Waals surface area contributed by atoms with Crippen LogP contribution in [0.15, 0.2) is 64.8 Å². The third-order valence-corrected chi connectivity index (χ3v) is 6.44. The Bertz CT molecular complexity index is 1130. The molecule has 2 atom stereocenters. The SMILES string of the molecule is CC1=C(c2nc(-c3ccc(C)cc3)no2)C(c2ccccc2)NC(=S)N1CC1CCCO1. The molecule has 7 heteroatoms. The van der Waals surface area contributed by atoms with Crippen LogP contribution in [0.4, 0.5) is 0 Å². The van der Waals surface area contributed by atoms with E-state index >= 15 is 0 Å². The number of aromatic nitrogens is 2. The monoisotopic (exact) mass is 446 g/mol. The first-order chi connectivity index (χ1) is 15.6. The average molecular weight is 447 g/mol. The molecule has 2 unspecified atom stereocenters. The molecule has 2 aromatic carbocycles. The van der Waals surface area contributed by atoms with Crippen LogP contribution in [0.2, 0.25) is 0 Å². The molecule has 3 heterocycles. The Morgan fingerprint density at radius 3 is 2.59 bits per heavy atom. The van der Waals surface area contributed by atoms with Crippen molar-refractivity contribution in [3.05, 3.63) is 77.3 Å². The number of aryl methyl sites for hydroxylation is 1. The van der Waals surface area contributed by atoms with Gasteiger partial charge >= 0.3 is 0 Å². The van der Waals surface area contributed by atoms with Crippen LogP contribution in [0, 0.1) is 6.92 Å². The zero-order valence-electron chi connectivity index (χ0n) is 18.2. The summed E-state index contributed by atoms with van der Waals surface area (Å²) in [6.45, 7) is 5.65. The van der Waals surface area contributed by atoms with Crippen LogP contribution < -0.4 is 5.32 Å². The van der Waals surface area contributed by atoms with Gasteiger partial charge in [0.1, 0.15) is 0 Å². The number of hydrogen-bond donors (Lipinski definition) is 1. The summed E-state index contributed by atoms with van der Waals surface area (Å²) in [6, 6.07) is 18.2. The maximum absolute atomic E-state index is 5.87. The van der Waals surface area contributed by atoms with Crippen LogP contribution in [-0.2, 0) is 4.74 Å². The van der Waals surface area contributed by atoms with Gasteiger partial charge in [-0.3, -0.25) is 0 Å². The number of allylic oxidation sites excluding steroid dienone is 1. The van der Waals surface area contributed by atoms with Crippen LogP contribution in [0.3, 0.4) is 0 Å². The second kappa shape index (κ2) is 8.84. The second-order valence-electron chi connectivity index (χ2n) is 8.33. The molecule has 0 spiro atoms. The van der Waals surface area contributed by atoms with Crippen molar-refractivity contribution < 1.29 is 9.26 Å². The molecule has 6 nitrogen and oxygen atoms in total. The van der Waals surface area contributed by atoms with Crippen molar-refractivity contribution in [2.24, 2.45) is 0 Å². The van der Waals surface area contributed by atoms with Crippen molar-refractivity contribution in [1.82, 2.24) is 20.4 Å². The van der Waals surface area contributed by atoms with E-state index in [1.54, 1.807) is 0 Å². The van der Waals surface area contributed by atoms with Gasteiger partial charge in [-0.25, -0.2) is 0 Å². The standard InChI is InChI=1S/C25H26N4O2S/c1-16-10-12-19(13-11-16)23-27-24(31-28-23)21-17(2)29(15-20-9-6-14-30-20)25(32)26-22(21)18-7-4-3-5-8-18/h3-5,7-8,10-13,20,22H,6,9,14-15H2,1-2H3,(H,26,32). The first-order valence-corrected chi connectivity index (χ1v) is 11.4. The Morgan fingerprint density at radius 2 is 1.88 bits per heavy atom. The lowest BCUT2D eigenvalue weighted by atomic mass is 9.94. The second-order valence-corrected chi connectivity index (χ2v) is 8.71. The van der Waals surface area contributed by atoms with Gasteiger partial charge in [-0.2, -0.15) is 4.98 Å². The Morgan fingerprint density at radius 1 is 1.09 bits per heavy atom. The zero-order chi connectivity index (χ0) is 22.1. The van der Waals surface area contributed by atoms with Crippen molar-refractivity contribution in [1.29, 1.82) is 0 Å². The summed E-state index contributed by atoms with van der Waals surface area (Å²) in [7, 11) is 0. The van der Waals surface area contributed by atoms with Gasteiger partial charge in [-0.1, -0.05) is 65.3 Å². The lowest BCUT2D eigenvalue weighted by Gasteiger charge is -2.38. The summed E-state index contributed by atoms with van der Waals surface area (Å²) >= 11 is 5.77. The van der Waals surface area contributed by atoms with E-state index in [0.29, 0.717) is 23.4 Å². The van der Waals surface area contributed by atoms with Gasteiger partial charge in [0.2, 0.25) is 5.82 Å². The fourth-order valence-electron chi connectivity index (χ4n) is 4.32. The lowest BCUT2D eigenvalue weighted by molar-refractivity contribution is 0.0962.